The van der Waals surface area contributed by atoms with Crippen LogP contribution in [-0.4, -0.2) is 27.3 Å². The Kier molecular flexibility index (Phi) is 4.19. The molecule has 2 heterocycles. The van der Waals surface area contributed by atoms with E-state index in [2.05, 4.69) is 15.4 Å². The summed E-state index contributed by atoms with van der Waals surface area (Å²) in [6.45, 7) is 2.56. The van der Waals surface area contributed by atoms with Gasteiger partial charge in [0, 0.05) is 19.4 Å². The summed E-state index contributed by atoms with van der Waals surface area (Å²) in [5.74, 6) is 0.00716. The Morgan fingerprint density at radius 2 is 2.25 bits per heavy atom. The minimum absolute atomic E-state index is 0.285. The van der Waals surface area contributed by atoms with E-state index >= 15 is 0 Å². The number of hydrogen-bond donors (Lipinski definition) is 2. The normalized spacial score (nSPS) is 10.3. The molecule has 3 N–H and O–H groups in total. The smallest absolute Gasteiger partial charge is 0.340 e. The first-order valence-corrected chi connectivity index (χ1v) is 6.25. The maximum absolute atomic E-state index is 11.7. The van der Waals surface area contributed by atoms with E-state index < -0.39 is 5.97 Å². The molecule has 0 amide bonds. The number of anilines is 2. The average molecular weight is 275 g/mol. The quantitative estimate of drug-likeness (QED) is 0.796. The Labute approximate surface area is 116 Å². The molecular formula is C13H17N5O2. The fraction of sp³-hybridized carbons (Fsp3) is 0.308. The Bertz CT molecular complexity index is 609. The molecule has 0 atom stereocenters. The Morgan fingerprint density at radius 1 is 1.45 bits per heavy atom. The predicted molar refractivity (Wildman–Crippen MR) is 75.1 cm³/mol. The van der Waals surface area contributed by atoms with Gasteiger partial charge in [0.15, 0.2) is 0 Å². The minimum Gasteiger partial charge on any atom is -0.462 e. The third-order valence-electron chi connectivity index (χ3n) is 2.84. The fourth-order valence-corrected chi connectivity index (χ4v) is 1.75. The molecule has 0 aromatic carbocycles. The second kappa shape index (κ2) is 6.05. The fourth-order valence-electron chi connectivity index (χ4n) is 1.75. The number of carbonyl (C=O) groups excluding carboxylic acids is 1. The van der Waals surface area contributed by atoms with E-state index in [9.17, 15) is 4.79 Å². The Hall–Kier alpha value is -2.57. The molecule has 0 aliphatic rings. The SMILES string of the molecule is CCOC(=O)c1ccnc(NCc2ccnn2C)c1N. The van der Waals surface area contributed by atoms with Crippen LogP contribution in [0, 0.1) is 0 Å². The molecule has 7 heteroatoms. The van der Waals surface area contributed by atoms with Crippen molar-refractivity contribution in [2.75, 3.05) is 17.7 Å². The molecule has 106 valence electrons. The number of aromatic nitrogens is 3. The van der Waals surface area contributed by atoms with Gasteiger partial charge in [-0.15, -0.1) is 0 Å². The maximum Gasteiger partial charge on any atom is 0.340 e. The minimum atomic E-state index is -0.448. The zero-order valence-corrected chi connectivity index (χ0v) is 11.5. The van der Waals surface area contributed by atoms with E-state index in [4.69, 9.17) is 10.5 Å². The molecule has 0 fully saturated rings. The highest BCUT2D eigenvalue weighted by atomic mass is 16.5. The van der Waals surface area contributed by atoms with Gasteiger partial charge in [-0.2, -0.15) is 5.10 Å². The van der Waals surface area contributed by atoms with Gasteiger partial charge in [-0.3, -0.25) is 4.68 Å². The molecule has 0 radical (unpaired) electrons. The lowest BCUT2D eigenvalue weighted by atomic mass is 10.2. The van der Waals surface area contributed by atoms with Crippen LogP contribution in [0.4, 0.5) is 11.5 Å². The summed E-state index contributed by atoms with van der Waals surface area (Å²) in [5.41, 5.74) is 7.52. The van der Waals surface area contributed by atoms with Crippen LogP contribution in [-0.2, 0) is 18.3 Å². The first-order valence-electron chi connectivity index (χ1n) is 6.25. The highest BCUT2D eigenvalue weighted by Crippen LogP contribution is 2.21. The monoisotopic (exact) mass is 275 g/mol. The van der Waals surface area contributed by atoms with Crippen molar-refractivity contribution in [3.8, 4) is 0 Å². The highest BCUT2D eigenvalue weighted by Gasteiger charge is 2.14. The van der Waals surface area contributed by atoms with Gasteiger partial charge in [0.05, 0.1) is 30.1 Å². The molecule has 20 heavy (non-hydrogen) atoms. The molecule has 0 aliphatic carbocycles. The summed E-state index contributed by atoms with van der Waals surface area (Å²) in [4.78, 5) is 15.9. The van der Waals surface area contributed by atoms with Gasteiger partial charge in [0.1, 0.15) is 5.82 Å². The van der Waals surface area contributed by atoms with Crippen molar-refractivity contribution in [3.05, 3.63) is 35.8 Å². The van der Waals surface area contributed by atoms with Crippen LogP contribution in [0.25, 0.3) is 0 Å². The van der Waals surface area contributed by atoms with Crippen LogP contribution in [0.2, 0.25) is 0 Å². The number of ether oxygens (including phenoxy) is 1. The lowest BCUT2D eigenvalue weighted by Crippen LogP contribution is -2.13. The van der Waals surface area contributed by atoms with Crippen molar-refractivity contribution in [1.29, 1.82) is 0 Å². The standard InChI is InChI=1S/C13H17N5O2/c1-3-20-13(19)10-5-6-15-12(11(10)14)16-8-9-4-7-17-18(9)2/h4-7H,3,8,14H2,1-2H3,(H,15,16). The van der Waals surface area contributed by atoms with E-state index in [0.29, 0.717) is 24.5 Å². The molecule has 0 aliphatic heterocycles. The number of carbonyl (C=O) groups is 1. The van der Waals surface area contributed by atoms with E-state index in [1.54, 1.807) is 23.9 Å². The van der Waals surface area contributed by atoms with Crippen molar-refractivity contribution in [2.45, 2.75) is 13.5 Å². The molecule has 0 saturated heterocycles. The largest absolute Gasteiger partial charge is 0.462 e. The zero-order chi connectivity index (χ0) is 14.5. The third-order valence-corrected chi connectivity index (χ3v) is 2.84. The number of rotatable bonds is 5. The molecular weight excluding hydrogens is 258 g/mol. The zero-order valence-electron chi connectivity index (χ0n) is 11.5. The first kappa shape index (κ1) is 13.9. The van der Waals surface area contributed by atoms with Gasteiger partial charge in [0.2, 0.25) is 0 Å². The summed E-state index contributed by atoms with van der Waals surface area (Å²) in [5, 5.41) is 7.16. The molecule has 0 unspecified atom stereocenters. The van der Waals surface area contributed by atoms with Crippen LogP contribution in [0.15, 0.2) is 24.5 Å². The third kappa shape index (κ3) is 2.87. The number of esters is 1. The second-order valence-corrected chi connectivity index (χ2v) is 4.14. The van der Waals surface area contributed by atoms with Crippen molar-refractivity contribution in [3.63, 3.8) is 0 Å². The molecule has 0 saturated carbocycles. The van der Waals surface area contributed by atoms with Crippen molar-refractivity contribution < 1.29 is 9.53 Å². The number of aryl methyl sites for hydroxylation is 1. The maximum atomic E-state index is 11.7. The molecule has 2 aromatic heterocycles. The van der Waals surface area contributed by atoms with E-state index in [-0.39, 0.29) is 5.69 Å². The van der Waals surface area contributed by atoms with E-state index in [0.717, 1.165) is 5.69 Å². The predicted octanol–water partition coefficient (Wildman–Crippen LogP) is 1.19. The van der Waals surface area contributed by atoms with Gasteiger partial charge < -0.3 is 15.8 Å². The average Bonchev–Trinajstić information content (AvgIpc) is 2.83. The number of nitrogens with one attached hydrogen (secondary N) is 1. The van der Waals surface area contributed by atoms with Gasteiger partial charge in [-0.05, 0) is 19.1 Å². The lowest BCUT2D eigenvalue weighted by Gasteiger charge is -2.11. The lowest BCUT2D eigenvalue weighted by molar-refractivity contribution is 0.0527. The van der Waals surface area contributed by atoms with Crippen LogP contribution >= 0.6 is 0 Å². The van der Waals surface area contributed by atoms with Crippen LogP contribution in [0.1, 0.15) is 23.0 Å². The highest BCUT2D eigenvalue weighted by molar-refractivity contribution is 5.97. The number of nitrogens with zero attached hydrogens (tertiary/aromatic N) is 3. The number of nitrogens with two attached hydrogens (primary N) is 1. The Morgan fingerprint density at radius 3 is 2.90 bits per heavy atom. The summed E-state index contributed by atoms with van der Waals surface area (Å²) in [6, 6.07) is 3.43. The van der Waals surface area contributed by atoms with Gasteiger partial charge in [-0.25, -0.2) is 9.78 Å². The molecule has 7 nitrogen and oxygen atoms in total. The van der Waals surface area contributed by atoms with E-state index in [1.165, 1.54) is 6.20 Å². The number of pyridine rings is 1. The summed E-state index contributed by atoms with van der Waals surface area (Å²) >= 11 is 0. The number of hydrogen-bond acceptors (Lipinski definition) is 6. The van der Waals surface area contributed by atoms with Gasteiger partial charge in [-0.1, -0.05) is 0 Å². The molecule has 2 aromatic rings. The topological polar surface area (TPSA) is 95.1 Å². The van der Waals surface area contributed by atoms with Gasteiger partial charge >= 0.3 is 5.97 Å². The number of nitrogen functional groups attached to an aromatic ring is 1. The molecule has 0 spiro atoms. The summed E-state index contributed by atoms with van der Waals surface area (Å²) in [6.07, 6.45) is 3.23. The summed E-state index contributed by atoms with van der Waals surface area (Å²) in [7, 11) is 1.85. The summed E-state index contributed by atoms with van der Waals surface area (Å²) < 4.78 is 6.69. The van der Waals surface area contributed by atoms with E-state index in [1.807, 2.05) is 13.1 Å². The van der Waals surface area contributed by atoms with Crippen LogP contribution in [0.5, 0.6) is 0 Å². The van der Waals surface area contributed by atoms with Gasteiger partial charge in [0.25, 0.3) is 0 Å². The molecule has 2 rings (SSSR count). The van der Waals surface area contributed by atoms with Crippen molar-refractivity contribution in [1.82, 2.24) is 14.8 Å². The van der Waals surface area contributed by atoms with Crippen molar-refractivity contribution in [2.24, 2.45) is 7.05 Å². The first-order chi connectivity index (χ1) is 9.63. The molecule has 0 bridgehead atoms. The van der Waals surface area contributed by atoms with Crippen LogP contribution < -0.4 is 11.1 Å². The second-order valence-electron chi connectivity index (χ2n) is 4.14. The van der Waals surface area contributed by atoms with Crippen LogP contribution in [0.3, 0.4) is 0 Å². The van der Waals surface area contributed by atoms with Crippen molar-refractivity contribution >= 4 is 17.5 Å². The Balaban J connectivity index is 2.14.